The molecule has 35 heteroatoms. The molecule has 0 amide bonds. The van der Waals surface area contributed by atoms with Gasteiger partial charge >= 0.3 is 29.8 Å². The molecule has 0 bridgehead atoms. The fraction of sp³-hybridized carbons (Fsp3) is 0.342. The van der Waals surface area contributed by atoms with Crippen molar-refractivity contribution in [2.24, 2.45) is 17.8 Å². The van der Waals surface area contributed by atoms with Crippen molar-refractivity contribution in [2.45, 2.75) is 224 Å². The van der Waals surface area contributed by atoms with E-state index < -0.39 is 65.1 Å². The normalized spacial score (nSPS) is 28.3. The van der Waals surface area contributed by atoms with Crippen molar-refractivity contribution in [1.82, 2.24) is 0 Å². The lowest BCUT2D eigenvalue weighted by Gasteiger charge is -2.17. The number of hydrogen-bond donors (Lipinski definition) is 11. The molecule has 0 spiro atoms. The van der Waals surface area contributed by atoms with Crippen LogP contribution in [0.25, 0.3) is 0 Å². The summed E-state index contributed by atoms with van der Waals surface area (Å²) in [5.41, 5.74) is 1.98. The maximum Gasteiger partial charge on any atom is 0.342 e. The first-order chi connectivity index (χ1) is 69.5. The second-order valence-electron chi connectivity index (χ2n) is 36.6. The number of phenols is 11. The number of benzene rings is 6. The van der Waals surface area contributed by atoms with Crippen molar-refractivity contribution in [1.29, 1.82) is 0 Å². The van der Waals surface area contributed by atoms with Crippen molar-refractivity contribution >= 4 is 123 Å². The van der Waals surface area contributed by atoms with Gasteiger partial charge < -0.3 is 98.8 Å². The van der Waals surface area contributed by atoms with Gasteiger partial charge in [0.15, 0.2) is 23.1 Å². The van der Waals surface area contributed by atoms with Gasteiger partial charge in [-0.1, -0.05) is 228 Å². The summed E-state index contributed by atoms with van der Waals surface area (Å²) in [6.45, 7) is 14.8. The van der Waals surface area contributed by atoms with Gasteiger partial charge in [0, 0.05) is 97.8 Å². The molecular formula is C111H112Cl6O29. The Hall–Kier alpha value is -12.9. The minimum absolute atomic E-state index is 0.000166. The van der Waals surface area contributed by atoms with Crippen molar-refractivity contribution in [3.63, 3.8) is 0 Å². The Labute approximate surface area is 872 Å². The Kier molecular flexibility index (Phi) is 39.4. The predicted octanol–water partition coefficient (Wildman–Crippen LogP) is 21.4. The van der Waals surface area contributed by atoms with Gasteiger partial charge in [-0.25, -0.2) is 24.0 Å². The number of rotatable bonds is 0. The lowest BCUT2D eigenvalue weighted by molar-refractivity contribution is -0.114. The Morgan fingerprint density at radius 1 is 0.301 bits per heavy atom. The second kappa shape index (κ2) is 51.4. The average molecular weight is 2120 g/mol. The molecular weight excluding hydrogens is 2010 g/mol. The quantitative estimate of drug-likeness (QED) is 0.0382. The number of hydrogen-bond acceptors (Lipinski definition) is 29. The highest BCUT2D eigenvalue weighted by Crippen LogP contribution is 2.48. The van der Waals surface area contributed by atoms with E-state index in [4.69, 9.17) is 112 Å². The summed E-state index contributed by atoms with van der Waals surface area (Å²) < 4.78 is 49.2. The summed E-state index contributed by atoms with van der Waals surface area (Å²) >= 11 is 36.7. The van der Waals surface area contributed by atoms with Gasteiger partial charge in [0.2, 0.25) is 0 Å². The van der Waals surface area contributed by atoms with E-state index in [1.165, 1.54) is 24.3 Å². The highest BCUT2D eigenvalue weighted by molar-refractivity contribution is 6.36. The molecule has 2 aliphatic carbocycles. The molecule has 9 heterocycles. The number of cyclic esters (lactones) is 5. The number of fused-ring (bicyclic) bond motifs is 11. The van der Waals surface area contributed by atoms with Gasteiger partial charge in [0.05, 0.1) is 61.2 Å². The fourth-order valence-electron chi connectivity index (χ4n) is 17.1. The van der Waals surface area contributed by atoms with Crippen molar-refractivity contribution in [3.8, 4) is 63.2 Å². The van der Waals surface area contributed by atoms with Crippen LogP contribution in [-0.2, 0) is 95.5 Å². The summed E-state index contributed by atoms with van der Waals surface area (Å²) in [5, 5.41) is 110. The molecule has 0 radical (unpaired) electrons. The van der Waals surface area contributed by atoms with Gasteiger partial charge in [-0.05, 0) is 156 Å². The molecule has 4 saturated heterocycles. The van der Waals surface area contributed by atoms with Crippen LogP contribution in [0.2, 0.25) is 30.1 Å². The minimum atomic E-state index is -0.797. The number of halogens is 6. The van der Waals surface area contributed by atoms with E-state index in [-0.39, 0.29) is 249 Å². The van der Waals surface area contributed by atoms with Crippen LogP contribution in [0.5, 0.6) is 63.2 Å². The largest absolute Gasteiger partial charge is 0.507 e. The highest BCUT2D eigenvalue weighted by Gasteiger charge is 2.44. The average Bonchev–Trinajstić information content (AvgIpc) is 1.47. The molecule has 1 saturated carbocycles. The van der Waals surface area contributed by atoms with Gasteiger partial charge in [-0.15, -0.1) is 0 Å². The first-order valence-electron chi connectivity index (χ1n) is 47.4. The zero-order valence-electron chi connectivity index (χ0n) is 80.3. The molecule has 11 N–H and O–H groups in total. The third kappa shape index (κ3) is 31.1. The zero-order valence-corrected chi connectivity index (χ0v) is 84.9. The molecule has 29 nitrogen and oxygen atoms in total. The number of Topliss-reactive ketones (excluding diaryl/α,β-unsaturated/α-hetero) is 1. The summed E-state index contributed by atoms with van der Waals surface area (Å²) in [6, 6.07) is 8.11. The van der Waals surface area contributed by atoms with Crippen LogP contribution in [0, 0.1) is 17.8 Å². The Bertz CT molecular complexity index is 6110. The molecule has 9 aliphatic heterocycles. The van der Waals surface area contributed by atoms with Crippen molar-refractivity contribution in [2.75, 3.05) is 0 Å². The number of phenolic OH excluding ortho intramolecular Hbond substituents is 11. The third-order valence-corrected chi connectivity index (χ3v) is 27.2. The number of aromatic hydroxyl groups is 11. The lowest BCUT2D eigenvalue weighted by atomic mass is 9.90. The SMILES string of the molecule is C=C1/C=C/C=C\C2OC2CC(C)OC(=O)c2c(O)cc(O)c(Cl)c2C1.CC1C/C=C/C=C\C=C\C(=O)Cc2c(Cl)c(O)cc(O)c2C(=O)O1.CC1CC(=O)c2c(O)cc(O)c(Cl)c2CC(=O)/C=C/C=C\C2OC2C1.CC1CC2CC2/C=C\C=C\C(=O)Cc2c(Cl)c(O)cc(O)c2C(=O)O1.CC1CC2OC2/C=C\C=C\CCc2c(Cl)c(O)cc(O)c2C(=O)O1.CC1CC2OC2/C=C\C=C\CCc2c(Cl)ccc(O)c2C(=O)O1. The molecule has 17 rings (SSSR count). The van der Waals surface area contributed by atoms with E-state index in [0.29, 0.717) is 84.9 Å². The first-order valence-corrected chi connectivity index (χ1v) is 49.6. The Morgan fingerprint density at radius 2 is 0.616 bits per heavy atom. The molecule has 6 aromatic rings. The third-order valence-electron chi connectivity index (χ3n) is 24.7. The van der Waals surface area contributed by atoms with E-state index in [2.05, 4.69) is 6.58 Å². The highest BCUT2D eigenvalue weighted by atomic mass is 35.5. The van der Waals surface area contributed by atoms with Crippen LogP contribution in [0.3, 0.4) is 0 Å². The maximum atomic E-state index is 12.7. The number of carbonyl (C=O) groups excluding carboxylic acids is 9. The fourth-order valence-corrected chi connectivity index (χ4v) is 18.4. The van der Waals surface area contributed by atoms with E-state index >= 15 is 0 Å². The monoisotopic (exact) mass is 2120 g/mol. The first kappa shape index (κ1) is 112. The summed E-state index contributed by atoms with van der Waals surface area (Å²) in [5.74, 6) is -7.54. The van der Waals surface area contributed by atoms with Crippen molar-refractivity contribution < 1.29 is 142 Å². The molecule has 6 aromatic carbocycles. The van der Waals surface area contributed by atoms with Gasteiger partial charge in [0.1, 0.15) is 140 Å². The predicted molar refractivity (Wildman–Crippen MR) is 548 cm³/mol. The van der Waals surface area contributed by atoms with Gasteiger partial charge in [0.25, 0.3) is 0 Å². The molecule has 772 valence electrons. The van der Waals surface area contributed by atoms with E-state index in [1.807, 2.05) is 105 Å². The Morgan fingerprint density at radius 3 is 1.04 bits per heavy atom. The number of allylic oxidation sites excluding steroid dienone is 22. The van der Waals surface area contributed by atoms with Crippen LogP contribution < -0.4 is 0 Å². The standard InChI is InChI=1S/3C19H19ClO5.C18H19ClO5.C18H17ClO5.C18H19ClO4/c1-10-5-3-4-6-15-16(25-15)8-11(2)24-19(23)17-12(7-10)18(20)14(22)9-13(17)21;1-10-6-12-7-11(12)4-2-3-5-13(21)8-14-17(19(24)25-10)15(22)9-16(23)18(14)20;1-10-6-13(22)18-12(19(20)15(24)9-14(18)23)8-11(21)4-2-3-5-16-17(7-10)25-16;1-10-8-15-14(24-15)7-5-3-2-4-6-11-16(18(22)23-10)12(20)9-13(21)17(11)19;1-11-7-5-3-2-4-6-8-12(20)9-13-16(18(23)24-11)14(21)10-15(22)17(13)19;1-11-10-16-15(23-16)7-5-3-2-4-6-12-13(19)8-9-14(20)17(12)18(21)22-11/h3-6,9,11,15-16,21-22H,1,7-8H2,2H3;2-5,9-12,22-23H,6-8H2,1H3;2-5,9-10,16-17,23-24H,6-8H2,1H3;2-3,5,7,9-10,14-15,20-21H,4,6,8H2,1H3;2-6,8,10-11,21-22H,7,9H2,1H3;2-3,5,7-9,11,15-16,20H,4,6,10H2,1H3/b5-3+,6-4-;4-2-,5-3+;4-2+,5-3-;3-2+,7-5-;4-2-,5-3+,8-6+;3-2+,7-5-. The molecule has 11 aliphatic rings. The number of ketones is 4. The molecule has 0 aromatic heterocycles. The van der Waals surface area contributed by atoms with Crippen LogP contribution in [0.1, 0.15) is 201 Å². The molecule has 16 atom stereocenters. The summed E-state index contributed by atoms with van der Waals surface area (Å²) in [4.78, 5) is 112. The topological polar surface area (TPSA) is 472 Å². The zero-order chi connectivity index (χ0) is 106. The van der Waals surface area contributed by atoms with Crippen LogP contribution >= 0.6 is 69.6 Å². The van der Waals surface area contributed by atoms with E-state index in [1.54, 1.807) is 82.4 Å². The number of epoxide rings is 4. The smallest absolute Gasteiger partial charge is 0.342 e. The van der Waals surface area contributed by atoms with E-state index in [0.717, 1.165) is 49.6 Å². The van der Waals surface area contributed by atoms with Crippen LogP contribution in [-0.4, -0.2) is 189 Å². The van der Waals surface area contributed by atoms with Gasteiger partial charge in [-0.2, -0.15) is 0 Å². The van der Waals surface area contributed by atoms with Crippen molar-refractivity contribution in [3.05, 3.63) is 309 Å². The molecule has 5 fully saturated rings. The molecule has 146 heavy (non-hydrogen) atoms. The number of esters is 5. The Balaban J connectivity index is 0.000000156. The van der Waals surface area contributed by atoms with Gasteiger partial charge in [-0.3, -0.25) is 19.2 Å². The number of carbonyl (C=O) groups is 9. The summed E-state index contributed by atoms with van der Waals surface area (Å²) in [6.07, 6.45) is 51.9. The van der Waals surface area contributed by atoms with Crippen LogP contribution in [0.4, 0.5) is 0 Å². The molecule has 16 unspecified atom stereocenters. The minimum Gasteiger partial charge on any atom is -0.507 e. The number of ether oxygens (including phenoxy) is 9. The second-order valence-corrected chi connectivity index (χ2v) is 38.9. The van der Waals surface area contributed by atoms with E-state index in [9.17, 15) is 99.3 Å². The van der Waals surface area contributed by atoms with Crippen LogP contribution in [0.15, 0.2) is 213 Å². The lowest BCUT2D eigenvalue weighted by Crippen LogP contribution is -2.19. The maximum absolute atomic E-state index is 12.7. The summed E-state index contributed by atoms with van der Waals surface area (Å²) in [7, 11) is 0.